The van der Waals surface area contributed by atoms with Crippen molar-refractivity contribution in [3.63, 3.8) is 0 Å². The van der Waals surface area contributed by atoms with Crippen molar-refractivity contribution in [3.05, 3.63) is 84.2 Å². The van der Waals surface area contributed by atoms with Gasteiger partial charge in [0.2, 0.25) is 0 Å². The fourth-order valence-corrected chi connectivity index (χ4v) is 4.79. The van der Waals surface area contributed by atoms with Crippen molar-refractivity contribution in [1.82, 2.24) is 15.2 Å². The van der Waals surface area contributed by atoms with E-state index in [1.54, 1.807) is 28.9 Å². The lowest BCUT2D eigenvalue weighted by atomic mass is 10.0. The van der Waals surface area contributed by atoms with Crippen molar-refractivity contribution in [2.24, 2.45) is 11.6 Å². The van der Waals surface area contributed by atoms with Crippen LogP contribution in [0, 0.1) is 0 Å². The van der Waals surface area contributed by atoms with Crippen LogP contribution in [0.15, 0.2) is 82.8 Å². The van der Waals surface area contributed by atoms with Crippen LogP contribution in [0.5, 0.6) is 5.75 Å². The highest BCUT2D eigenvalue weighted by atomic mass is 32.2. The Labute approximate surface area is 194 Å². The molecule has 1 amide bonds. The molecule has 1 aromatic heterocycles. The Bertz CT molecular complexity index is 1040. The summed E-state index contributed by atoms with van der Waals surface area (Å²) in [6.07, 6.45) is 1.67. The van der Waals surface area contributed by atoms with Crippen molar-refractivity contribution in [3.8, 4) is 16.2 Å². The number of phenolic OH excluding ortho intramolecular Hbond substituents is 1. The molecule has 3 aromatic rings. The van der Waals surface area contributed by atoms with Crippen LogP contribution >= 0.6 is 23.3 Å². The fourth-order valence-electron chi connectivity index (χ4n) is 2.91. The number of amides is 1. The molecule has 0 fully saturated rings. The lowest BCUT2D eigenvalue weighted by Crippen LogP contribution is -2.48. The summed E-state index contributed by atoms with van der Waals surface area (Å²) in [5.41, 5.74) is 10.1. The molecule has 0 bridgehead atoms. The zero-order valence-corrected chi connectivity index (χ0v) is 18.8. The number of carbonyl (C=O) groups is 1. The maximum absolute atomic E-state index is 12.1. The number of benzene rings is 2. The van der Waals surface area contributed by atoms with Gasteiger partial charge in [-0.2, -0.15) is 0 Å². The number of hydrazine groups is 1. The van der Waals surface area contributed by atoms with Crippen LogP contribution in [0.3, 0.4) is 0 Å². The first-order chi connectivity index (χ1) is 15.5. The summed E-state index contributed by atoms with van der Waals surface area (Å²) in [5, 5.41) is 19.6. The van der Waals surface area contributed by atoms with E-state index in [1.807, 2.05) is 24.3 Å². The van der Waals surface area contributed by atoms with Gasteiger partial charge in [-0.3, -0.25) is 14.7 Å². The molecule has 0 aliphatic rings. The van der Waals surface area contributed by atoms with Crippen LogP contribution in [0.25, 0.3) is 10.4 Å². The van der Waals surface area contributed by atoms with Crippen molar-refractivity contribution in [1.29, 1.82) is 0 Å². The van der Waals surface area contributed by atoms with Gasteiger partial charge in [0.25, 0.3) is 5.91 Å². The molecule has 8 N–H and O–H groups in total. The lowest BCUT2D eigenvalue weighted by Gasteiger charge is -2.25. The SMILES string of the molecule is N/C(=C\N(N)C(Cc1ccc(O)cc1)C(=O)NO)CNSc1ccc(-c2ccccc2)s1. The van der Waals surface area contributed by atoms with Gasteiger partial charge in [-0.25, -0.2) is 11.3 Å². The van der Waals surface area contributed by atoms with E-state index in [4.69, 9.17) is 16.8 Å². The Morgan fingerprint density at radius 1 is 1.12 bits per heavy atom. The molecule has 8 nitrogen and oxygen atoms in total. The van der Waals surface area contributed by atoms with E-state index in [0.29, 0.717) is 12.2 Å². The van der Waals surface area contributed by atoms with Gasteiger partial charge in [-0.15, -0.1) is 11.3 Å². The van der Waals surface area contributed by atoms with E-state index in [2.05, 4.69) is 22.9 Å². The third-order valence-corrected chi connectivity index (χ3v) is 6.60. The van der Waals surface area contributed by atoms with Gasteiger partial charge in [0.15, 0.2) is 0 Å². The summed E-state index contributed by atoms with van der Waals surface area (Å²) < 4.78 is 4.27. The van der Waals surface area contributed by atoms with Gasteiger partial charge in [0.05, 0.1) is 4.21 Å². The molecule has 0 spiro atoms. The van der Waals surface area contributed by atoms with Gasteiger partial charge >= 0.3 is 0 Å². The summed E-state index contributed by atoms with van der Waals surface area (Å²) in [7, 11) is 0. The Kier molecular flexibility index (Phi) is 8.54. The van der Waals surface area contributed by atoms with Crippen LogP contribution in [-0.4, -0.2) is 33.8 Å². The third-order valence-electron chi connectivity index (χ3n) is 4.54. The number of nitrogens with two attached hydrogens (primary N) is 2. The van der Waals surface area contributed by atoms with Gasteiger partial charge in [-0.05, 0) is 47.3 Å². The first-order valence-corrected chi connectivity index (χ1v) is 11.4. The number of thiophene rings is 1. The second-order valence-corrected chi connectivity index (χ2v) is 9.20. The molecule has 10 heteroatoms. The van der Waals surface area contributed by atoms with E-state index < -0.39 is 11.9 Å². The average Bonchev–Trinajstić information content (AvgIpc) is 3.27. The number of hydrogen-bond donors (Lipinski definition) is 6. The molecule has 1 heterocycles. The molecule has 1 atom stereocenters. The number of hydrogen-bond acceptors (Lipinski definition) is 9. The van der Waals surface area contributed by atoms with E-state index in [-0.39, 0.29) is 12.2 Å². The van der Waals surface area contributed by atoms with E-state index in [0.717, 1.165) is 9.77 Å². The van der Waals surface area contributed by atoms with Gasteiger partial charge in [0, 0.05) is 29.7 Å². The fraction of sp³-hybridized carbons (Fsp3) is 0.136. The smallest absolute Gasteiger partial charge is 0.267 e. The number of rotatable bonds is 10. The minimum Gasteiger partial charge on any atom is -0.508 e. The van der Waals surface area contributed by atoms with Crippen molar-refractivity contribution in [2.45, 2.75) is 16.7 Å². The first-order valence-electron chi connectivity index (χ1n) is 9.72. The van der Waals surface area contributed by atoms with Gasteiger partial charge < -0.3 is 15.8 Å². The van der Waals surface area contributed by atoms with Gasteiger partial charge in [0.1, 0.15) is 11.8 Å². The zero-order chi connectivity index (χ0) is 22.9. The van der Waals surface area contributed by atoms with Crippen LogP contribution in [0.2, 0.25) is 0 Å². The highest BCUT2D eigenvalue weighted by Crippen LogP contribution is 2.32. The Morgan fingerprint density at radius 3 is 2.53 bits per heavy atom. The summed E-state index contributed by atoms with van der Waals surface area (Å²) in [4.78, 5) is 13.3. The molecule has 0 radical (unpaired) electrons. The van der Waals surface area contributed by atoms with E-state index in [9.17, 15) is 9.90 Å². The minimum atomic E-state index is -0.888. The molecule has 1 unspecified atom stereocenters. The summed E-state index contributed by atoms with van der Waals surface area (Å²) in [5.74, 6) is 5.50. The second kappa shape index (κ2) is 11.6. The molecule has 0 saturated heterocycles. The average molecular weight is 472 g/mol. The molecule has 32 heavy (non-hydrogen) atoms. The Morgan fingerprint density at radius 2 is 1.84 bits per heavy atom. The quantitative estimate of drug-likeness (QED) is 0.115. The normalized spacial score (nSPS) is 12.4. The molecule has 2 aromatic carbocycles. The van der Waals surface area contributed by atoms with Crippen LogP contribution in [0.4, 0.5) is 0 Å². The molecule has 0 saturated carbocycles. The minimum absolute atomic E-state index is 0.121. The molecular formula is C22H25N5O3S2. The van der Waals surface area contributed by atoms with Crippen molar-refractivity contribution < 1.29 is 15.1 Å². The predicted octanol–water partition coefficient (Wildman–Crippen LogP) is 2.81. The monoisotopic (exact) mass is 471 g/mol. The topological polar surface area (TPSA) is 137 Å². The lowest BCUT2D eigenvalue weighted by molar-refractivity contribution is -0.134. The second-order valence-electron chi connectivity index (χ2n) is 6.92. The van der Waals surface area contributed by atoms with Crippen molar-refractivity contribution in [2.75, 3.05) is 6.54 Å². The number of hydroxylamine groups is 1. The Hall–Kier alpha value is -3.02. The molecule has 0 aliphatic carbocycles. The van der Waals surface area contributed by atoms with Crippen molar-refractivity contribution >= 4 is 29.2 Å². The largest absolute Gasteiger partial charge is 0.508 e. The number of nitrogens with zero attached hydrogens (tertiary/aromatic N) is 1. The summed E-state index contributed by atoms with van der Waals surface area (Å²) in [6, 6.07) is 19.8. The highest BCUT2D eigenvalue weighted by Gasteiger charge is 2.22. The molecule has 168 valence electrons. The maximum atomic E-state index is 12.1. The van der Waals surface area contributed by atoms with Crippen LogP contribution < -0.4 is 21.8 Å². The summed E-state index contributed by atoms with van der Waals surface area (Å²) >= 11 is 3.13. The van der Waals surface area contributed by atoms with E-state index in [1.165, 1.54) is 45.7 Å². The number of phenols is 1. The Balaban J connectivity index is 1.55. The molecule has 0 aliphatic heterocycles. The standard InChI is InChI=1S/C22H25N5O3S2/c23-17(13-25-32-21-11-10-20(31-21)16-4-2-1-3-5-16)14-27(24)19(22(29)26-30)12-15-6-8-18(28)9-7-15/h1-11,14,19,25,28,30H,12-13,23-24H2,(H,26,29)/b17-14-. The number of aromatic hydroxyl groups is 1. The maximum Gasteiger partial charge on any atom is 0.267 e. The third kappa shape index (κ3) is 6.74. The number of carbonyl (C=O) groups excluding carboxylic acids is 1. The molecular weight excluding hydrogens is 446 g/mol. The summed E-state index contributed by atoms with van der Waals surface area (Å²) in [6.45, 7) is 0.337. The predicted molar refractivity (Wildman–Crippen MR) is 127 cm³/mol. The van der Waals surface area contributed by atoms with Gasteiger partial charge in [-0.1, -0.05) is 42.5 Å². The first kappa shape index (κ1) is 23.6. The number of nitrogens with one attached hydrogen (secondary N) is 2. The highest BCUT2D eigenvalue weighted by molar-refractivity contribution is 7.99. The van der Waals surface area contributed by atoms with E-state index >= 15 is 0 Å². The van der Waals surface area contributed by atoms with Crippen LogP contribution in [-0.2, 0) is 11.2 Å². The molecule has 3 rings (SSSR count). The zero-order valence-electron chi connectivity index (χ0n) is 17.1. The van der Waals surface area contributed by atoms with Crippen LogP contribution in [0.1, 0.15) is 5.56 Å².